The highest BCUT2D eigenvalue weighted by Gasteiger charge is 2.24. The largest absolute Gasteiger partial charge is 0.424 e. The quantitative estimate of drug-likeness (QED) is 0.629. The van der Waals surface area contributed by atoms with E-state index >= 15 is 0 Å². The molecule has 0 amide bonds. The number of halogens is 1. The number of nitrogens with one attached hydrogen (secondary N) is 1. The van der Waals surface area contributed by atoms with Gasteiger partial charge in [-0.15, -0.1) is 5.10 Å². The summed E-state index contributed by atoms with van der Waals surface area (Å²) < 4.78 is 48.6. The predicted molar refractivity (Wildman–Crippen MR) is 107 cm³/mol. The lowest BCUT2D eigenvalue weighted by Gasteiger charge is -2.16. The summed E-state index contributed by atoms with van der Waals surface area (Å²) in [6, 6.07) is 10.1. The fourth-order valence-electron chi connectivity index (χ4n) is 2.84. The van der Waals surface area contributed by atoms with Gasteiger partial charge in [0.1, 0.15) is 11.6 Å². The van der Waals surface area contributed by atoms with E-state index in [1.807, 2.05) is 20.8 Å². The van der Waals surface area contributed by atoms with Gasteiger partial charge in [0, 0.05) is 6.54 Å². The van der Waals surface area contributed by atoms with Gasteiger partial charge in [0.05, 0.1) is 10.9 Å². The SMILES string of the molecule is CCn1c(Oc2ccc(F)cc2)nnc1[C@@H](C)NS(=O)(=O)c1ccc(C)c(C)c1. The molecule has 1 aromatic heterocycles. The first-order valence-corrected chi connectivity index (χ1v) is 10.7. The van der Waals surface area contributed by atoms with Crippen molar-refractivity contribution in [2.45, 2.75) is 45.2 Å². The average molecular weight is 418 g/mol. The van der Waals surface area contributed by atoms with Crippen LogP contribution in [0.15, 0.2) is 47.4 Å². The zero-order valence-corrected chi connectivity index (χ0v) is 17.5. The van der Waals surface area contributed by atoms with Crippen molar-refractivity contribution in [3.05, 3.63) is 65.2 Å². The number of aryl methyl sites for hydroxylation is 2. The van der Waals surface area contributed by atoms with Crippen molar-refractivity contribution < 1.29 is 17.5 Å². The second kappa shape index (κ2) is 8.30. The average Bonchev–Trinajstić information content (AvgIpc) is 3.08. The van der Waals surface area contributed by atoms with Crippen molar-refractivity contribution in [1.29, 1.82) is 0 Å². The molecule has 7 nitrogen and oxygen atoms in total. The van der Waals surface area contributed by atoms with Crippen molar-refractivity contribution in [3.8, 4) is 11.8 Å². The molecule has 0 fully saturated rings. The molecule has 1 N–H and O–H groups in total. The number of hydrogen-bond donors (Lipinski definition) is 1. The third-order valence-corrected chi connectivity index (χ3v) is 6.13. The molecule has 0 radical (unpaired) electrons. The lowest BCUT2D eigenvalue weighted by molar-refractivity contribution is 0.407. The Kier molecular flexibility index (Phi) is 5.99. The maximum atomic E-state index is 13.1. The number of rotatable bonds is 7. The number of hydrogen-bond acceptors (Lipinski definition) is 5. The number of ether oxygens (including phenoxy) is 1. The van der Waals surface area contributed by atoms with E-state index in [-0.39, 0.29) is 16.7 Å². The highest BCUT2D eigenvalue weighted by Crippen LogP contribution is 2.24. The summed E-state index contributed by atoms with van der Waals surface area (Å²) in [6.07, 6.45) is 0. The summed E-state index contributed by atoms with van der Waals surface area (Å²) in [5.74, 6) is 0.449. The van der Waals surface area contributed by atoms with Crippen molar-refractivity contribution in [3.63, 3.8) is 0 Å². The molecular formula is C20H23FN4O3S. The van der Waals surface area contributed by atoms with E-state index in [0.29, 0.717) is 18.1 Å². The standard InChI is InChI=1S/C20H23FN4O3S/c1-5-25-19(22-23-20(25)28-17-9-7-16(21)8-10-17)15(4)24-29(26,27)18-11-6-13(2)14(3)12-18/h6-12,15,24H,5H2,1-4H3/t15-/m1/s1. The Balaban J connectivity index is 1.83. The van der Waals surface area contributed by atoms with Gasteiger partial charge in [-0.3, -0.25) is 4.57 Å². The van der Waals surface area contributed by atoms with Crippen molar-refractivity contribution >= 4 is 10.0 Å². The minimum absolute atomic E-state index is 0.192. The molecule has 3 aromatic rings. The van der Waals surface area contributed by atoms with Crippen molar-refractivity contribution in [1.82, 2.24) is 19.5 Å². The van der Waals surface area contributed by atoms with E-state index in [4.69, 9.17) is 4.74 Å². The Hall–Kier alpha value is -2.78. The molecule has 1 heterocycles. The van der Waals surface area contributed by atoms with Crippen LogP contribution in [-0.2, 0) is 16.6 Å². The highest BCUT2D eigenvalue weighted by atomic mass is 32.2. The van der Waals surface area contributed by atoms with Crippen LogP contribution in [0.3, 0.4) is 0 Å². The molecule has 3 rings (SSSR count). The van der Waals surface area contributed by atoms with Gasteiger partial charge >= 0.3 is 6.01 Å². The Morgan fingerprint density at radius 3 is 2.41 bits per heavy atom. The summed E-state index contributed by atoms with van der Waals surface area (Å²) >= 11 is 0. The molecule has 29 heavy (non-hydrogen) atoms. The van der Waals surface area contributed by atoms with Gasteiger partial charge in [-0.05, 0) is 75.2 Å². The normalized spacial score (nSPS) is 12.7. The summed E-state index contributed by atoms with van der Waals surface area (Å²) in [6.45, 7) is 7.82. The van der Waals surface area contributed by atoms with E-state index < -0.39 is 16.1 Å². The summed E-state index contributed by atoms with van der Waals surface area (Å²) in [5.41, 5.74) is 1.91. The third-order valence-electron chi connectivity index (χ3n) is 4.59. The molecule has 0 saturated heterocycles. The Labute approximate surface area is 169 Å². The fraction of sp³-hybridized carbons (Fsp3) is 0.300. The molecule has 0 spiro atoms. The zero-order chi connectivity index (χ0) is 21.2. The van der Waals surface area contributed by atoms with Crippen LogP contribution in [0.4, 0.5) is 4.39 Å². The van der Waals surface area contributed by atoms with E-state index in [1.165, 1.54) is 24.3 Å². The highest BCUT2D eigenvalue weighted by molar-refractivity contribution is 7.89. The van der Waals surface area contributed by atoms with Gasteiger partial charge < -0.3 is 4.74 Å². The fourth-order valence-corrected chi connectivity index (χ4v) is 4.12. The van der Waals surface area contributed by atoms with Crippen LogP contribution in [0.2, 0.25) is 0 Å². The summed E-state index contributed by atoms with van der Waals surface area (Å²) in [7, 11) is -3.74. The number of nitrogens with zero attached hydrogens (tertiary/aromatic N) is 3. The van der Waals surface area contributed by atoms with Crippen LogP contribution in [0.25, 0.3) is 0 Å². The molecule has 0 aliphatic rings. The van der Waals surface area contributed by atoms with Gasteiger partial charge in [0.2, 0.25) is 10.0 Å². The Morgan fingerprint density at radius 1 is 1.10 bits per heavy atom. The van der Waals surface area contributed by atoms with Gasteiger partial charge in [-0.2, -0.15) is 0 Å². The summed E-state index contributed by atoms with van der Waals surface area (Å²) in [4.78, 5) is 0.192. The van der Waals surface area contributed by atoms with E-state index in [9.17, 15) is 12.8 Å². The smallest absolute Gasteiger partial charge is 0.322 e. The van der Waals surface area contributed by atoms with E-state index in [0.717, 1.165) is 11.1 Å². The number of sulfonamides is 1. The van der Waals surface area contributed by atoms with Crippen LogP contribution < -0.4 is 9.46 Å². The van der Waals surface area contributed by atoms with Crippen molar-refractivity contribution in [2.24, 2.45) is 0 Å². The van der Waals surface area contributed by atoms with E-state index in [1.54, 1.807) is 29.7 Å². The molecule has 0 aliphatic heterocycles. The van der Waals surface area contributed by atoms with Crippen LogP contribution in [0.5, 0.6) is 11.8 Å². The van der Waals surface area contributed by atoms with Gasteiger partial charge in [0.25, 0.3) is 0 Å². The maximum absolute atomic E-state index is 13.1. The number of benzene rings is 2. The molecule has 1 atom stereocenters. The molecule has 0 aliphatic carbocycles. The monoisotopic (exact) mass is 418 g/mol. The molecule has 0 unspecified atom stereocenters. The maximum Gasteiger partial charge on any atom is 0.322 e. The van der Waals surface area contributed by atoms with Crippen LogP contribution in [0, 0.1) is 19.7 Å². The second-order valence-corrected chi connectivity index (χ2v) is 8.44. The molecular weight excluding hydrogens is 395 g/mol. The Bertz CT molecular complexity index is 1110. The van der Waals surface area contributed by atoms with Gasteiger partial charge in [-0.1, -0.05) is 11.2 Å². The predicted octanol–water partition coefficient (Wildman–Crippen LogP) is 3.89. The summed E-state index contributed by atoms with van der Waals surface area (Å²) in [5, 5.41) is 8.11. The third kappa shape index (κ3) is 4.63. The molecule has 154 valence electrons. The first kappa shape index (κ1) is 20.9. The van der Waals surface area contributed by atoms with Crippen LogP contribution in [-0.4, -0.2) is 23.2 Å². The first-order valence-electron chi connectivity index (χ1n) is 9.17. The minimum Gasteiger partial charge on any atom is -0.424 e. The molecule has 0 bridgehead atoms. The van der Waals surface area contributed by atoms with Gasteiger partial charge in [-0.25, -0.2) is 17.5 Å². The number of aromatic nitrogens is 3. The van der Waals surface area contributed by atoms with Gasteiger partial charge in [0.15, 0.2) is 5.82 Å². The first-order chi connectivity index (χ1) is 13.7. The molecule has 2 aromatic carbocycles. The van der Waals surface area contributed by atoms with E-state index in [2.05, 4.69) is 14.9 Å². The second-order valence-electron chi connectivity index (χ2n) is 6.73. The van der Waals surface area contributed by atoms with Crippen molar-refractivity contribution in [2.75, 3.05) is 0 Å². The lowest BCUT2D eigenvalue weighted by atomic mass is 10.1. The lowest BCUT2D eigenvalue weighted by Crippen LogP contribution is -2.29. The minimum atomic E-state index is -3.74. The topological polar surface area (TPSA) is 86.1 Å². The van der Waals surface area contributed by atoms with Crippen LogP contribution in [0.1, 0.15) is 36.8 Å². The molecule has 9 heteroatoms. The van der Waals surface area contributed by atoms with Crippen LogP contribution >= 0.6 is 0 Å². The molecule has 0 saturated carbocycles. The zero-order valence-electron chi connectivity index (χ0n) is 16.7. The Morgan fingerprint density at radius 2 is 1.79 bits per heavy atom.